The lowest BCUT2D eigenvalue weighted by molar-refractivity contribution is -0.387. The summed E-state index contributed by atoms with van der Waals surface area (Å²) in [6.45, 7) is 5.28. The predicted octanol–water partition coefficient (Wildman–Crippen LogP) is 3.44. The van der Waals surface area contributed by atoms with Crippen LogP contribution in [-0.4, -0.2) is 17.5 Å². The zero-order valence-electron chi connectivity index (χ0n) is 12.0. The largest absolute Gasteiger partial charge is 0.314 e. The molecule has 1 unspecified atom stereocenters. The minimum Gasteiger partial charge on any atom is -0.314 e. The molecule has 0 aromatic heterocycles. The topological polar surface area (TPSA) is 55.2 Å². The molecule has 4 nitrogen and oxygen atoms in total. The Morgan fingerprint density at radius 1 is 1.50 bits per heavy atom. The van der Waals surface area contributed by atoms with Gasteiger partial charge in [-0.05, 0) is 56.2 Å². The first-order valence-corrected chi connectivity index (χ1v) is 7.15. The van der Waals surface area contributed by atoms with E-state index in [1.165, 1.54) is 12.1 Å². The molecular weight excluding hydrogens is 259 g/mol. The maximum atomic E-state index is 13.6. The molecule has 110 valence electrons. The van der Waals surface area contributed by atoms with Gasteiger partial charge in [0.05, 0.1) is 4.92 Å². The van der Waals surface area contributed by atoms with Crippen LogP contribution in [0.4, 0.5) is 10.1 Å². The van der Waals surface area contributed by atoms with Gasteiger partial charge in [0.15, 0.2) is 0 Å². The maximum absolute atomic E-state index is 13.6. The summed E-state index contributed by atoms with van der Waals surface area (Å²) in [6.07, 6.45) is 4.12. The zero-order chi connectivity index (χ0) is 14.8. The van der Waals surface area contributed by atoms with Gasteiger partial charge in [0, 0.05) is 12.1 Å². The molecule has 0 bridgehead atoms. The minimum absolute atomic E-state index is 0.192. The molecule has 1 aliphatic rings. The summed E-state index contributed by atoms with van der Waals surface area (Å²) in [4.78, 5) is 9.93. The van der Waals surface area contributed by atoms with Crippen LogP contribution < -0.4 is 5.32 Å². The molecule has 0 spiro atoms. The van der Waals surface area contributed by atoms with Crippen LogP contribution in [0.5, 0.6) is 0 Å². The summed E-state index contributed by atoms with van der Waals surface area (Å²) in [5, 5.41) is 14.1. The fourth-order valence-corrected chi connectivity index (χ4v) is 2.72. The molecule has 1 N–H and O–H groups in total. The van der Waals surface area contributed by atoms with Gasteiger partial charge >= 0.3 is 5.69 Å². The van der Waals surface area contributed by atoms with Crippen LogP contribution in [0.2, 0.25) is 0 Å². The highest BCUT2D eigenvalue weighted by molar-refractivity contribution is 5.36. The number of benzene rings is 1. The number of hydrogen-bond acceptors (Lipinski definition) is 3. The fraction of sp³-hybridized carbons (Fsp3) is 0.600. The van der Waals surface area contributed by atoms with Gasteiger partial charge in [0.1, 0.15) is 0 Å². The van der Waals surface area contributed by atoms with Gasteiger partial charge in [-0.1, -0.05) is 13.0 Å². The van der Waals surface area contributed by atoms with Crippen molar-refractivity contribution in [2.45, 2.75) is 45.6 Å². The third-order valence-corrected chi connectivity index (χ3v) is 4.28. The summed E-state index contributed by atoms with van der Waals surface area (Å²) in [6, 6.07) is 4.64. The lowest BCUT2D eigenvalue weighted by Gasteiger charge is -2.24. The third kappa shape index (κ3) is 3.15. The van der Waals surface area contributed by atoms with Gasteiger partial charge < -0.3 is 5.32 Å². The number of rotatable bonds is 7. The molecule has 1 fully saturated rings. The van der Waals surface area contributed by atoms with Gasteiger partial charge in [-0.15, -0.1) is 0 Å². The summed E-state index contributed by atoms with van der Waals surface area (Å²) in [5.41, 5.74) is 0.587. The van der Waals surface area contributed by atoms with Crippen LogP contribution >= 0.6 is 0 Å². The van der Waals surface area contributed by atoms with Crippen LogP contribution in [0, 0.1) is 21.3 Å². The van der Waals surface area contributed by atoms with Crippen LogP contribution in [0.15, 0.2) is 18.2 Å². The van der Waals surface area contributed by atoms with Gasteiger partial charge in [-0.3, -0.25) is 10.1 Å². The third-order valence-electron chi connectivity index (χ3n) is 4.28. The van der Waals surface area contributed by atoms with Crippen molar-refractivity contribution >= 4 is 5.69 Å². The molecule has 0 amide bonds. The maximum Gasteiger partial charge on any atom is 0.304 e. The monoisotopic (exact) mass is 280 g/mol. The van der Waals surface area contributed by atoms with Crippen LogP contribution in [0.3, 0.4) is 0 Å². The molecule has 2 rings (SSSR count). The molecule has 1 aromatic rings. The first kappa shape index (κ1) is 14.9. The van der Waals surface area contributed by atoms with E-state index in [2.05, 4.69) is 19.2 Å². The van der Waals surface area contributed by atoms with Crippen molar-refractivity contribution in [2.24, 2.45) is 5.41 Å². The van der Waals surface area contributed by atoms with E-state index in [0.29, 0.717) is 6.04 Å². The van der Waals surface area contributed by atoms with Crippen LogP contribution in [0.25, 0.3) is 0 Å². The number of halogens is 1. The van der Waals surface area contributed by atoms with E-state index in [-0.39, 0.29) is 5.41 Å². The second-order valence-electron chi connectivity index (χ2n) is 5.76. The normalized spacial score (nSPS) is 17.8. The molecule has 0 saturated heterocycles. The zero-order valence-corrected chi connectivity index (χ0v) is 12.0. The molecule has 0 radical (unpaired) electrons. The number of nitro groups is 1. The Labute approximate surface area is 118 Å². The van der Waals surface area contributed by atoms with Crippen LogP contribution in [-0.2, 0) is 6.42 Å². The van der Waals surface area contributed by atoms with Crippen molar-refractivity contribution in [1.29, 1.82) is 0 Å². The van der Waals surface area contributed by atoms with E-state index in [0.717, 1.165) is 37.8 Å². The van der Waals surface area contributed by atoms with Crippen molar-refractivity contribution < 1.29 is 9.31 Å². The Morgan fingerprint density at radius 2 is 2.20 bits per heavy atom. The molecule has 5 heteroatoms. The molecule has 1 atom stereocenters. The summed E-state index contributed by atoms with van der Waals surface area (Å²) in [7, 11) is 0. The van der Waals surface area contributed by atoms with E-state index in [1.807, 2.05) is 0 Å². The number of nitro benzene ring substituents is 1. The fourth-order valence-electron chi connectivity index (χ4n) is 2.72. The Morgan fingerprint density at radius 3 is 2.70 bits per heavy atom. The highest BCUT2D eigenvalue weighted by atomic mass is 19.1. The predicted molar refractivity (Wildman–Crippen MR) is 76.2 cm³/mol. The van der Waals surface area contributed by atoms with Gasteiger partial charge in [0.2, 0.25) is 5.82 Å². The Bertz CT molecular complexity index is 501. The standard InChI is InChI=1S/C15H21FN2O2/c1-3-8-17-11(2)15(6-7-15)10-12-4-5-14(18(19)20)13(16)9-12/h4-5,9,11,17H,3,6-8,10H2,1-2H3. The summed E-state index contributed by atoms with van der Waals surface area (Å²) >= 11 is 0. The Kier molecular flexibility index (Phi) is 4.38. The number of hydrogen-bond donors (Lipinski definition) is 1. The average molecular weight is 280 g/mol. The molecular formula is C15H21FN2O2. The number of nitrogens with one attached hydrogen (secondary N) is 1. The first-order valence-electron chi connectivity index (χ1n) is 7.15. The van der Waals surface area contributed by atoms with Crippen molar-refractivity contribution in [3.8, 4) is 0 Å². The molecule has 0 aliphatic heterocycles. The highest BCUT2D eigenvalue weighted by Gasteiger charge is 2.46. The van der Waals surface area contributed by atoms with Crippen LogP contribution in [0.1, 0.15) is 38.7 Å². The second-order valence-corrected chi connectivity index (χ2v) is 5.76. The smallest absolute Gasteiger partial charge is 0.304 e. The van der Waals surface area contributed by atoms with E-state index >= 15 is 0 Å². The lowest BCUT2D eigenvalue weighted by atomic mass is 9.89. The Hall–Kier alpha value is -1.49. The quantitative estimate of drug-likeness (QED) is 0.615. The lowest BCUT2D eigenvalue weighted by Crippen LogP contribution is -2.36. The molecule has 0 heterocycles. The molecule has 20 heavy (non-hydrogen) atoms. The molecule has 1 aliphatic carbocycles. The molecule has 1 saturated carbocycles. The second kappa shape index (κ2) is 5.87. The number of nitrogens with zero attached hydrogens (tertiary/aromatic N) is 1. The van der Waals surface area contributed by atoms with Crippen molar-refractivity contribution in [2.75, 3.05) is 6.54 Å². The van der Waals surface area contributed by atoms with E-state index < -0.39 is 16.4 Å². The minimum atomic E-state index is -0.738. The summed E-state index contributed by atoms with van der Waals surface area (Å²) < 4.78 is 13.6. The van der Waals surface area contributed by atoms with Crippen molar-refractivity contribution in [3.05, 3.63) is 39.7 Å². The highest BCUT2D eigenvalue weighted by Crippen LogP contribution is 2.51. The van der Waals surface area contributed by atoms with E-state index in [4.69, 9.17) is 0 Å². The van der Waals surface area contributed by atoms with E-state index in [1.54, 1.807) is 6.07 Å². The van der Waals surface area contributed by atoms with E-state index in [9.17, 15) is 14.5 Å². The van der Waals surface area contributed by atoms with Crippen molar-refractivity contribution in [3.63, 3.8) is 0 Å². The van der Waals surface area contributed by atoms with Gasteiger partial charge in [-0.2, -0.15) is 4.39 Å². The molecule has 1 aromatic carbocycles. The Balaban J connectivity index is 2.06. The average Bonchev–Trinajstić information content (AvgIpc) is 3.16. The summed E-state index contributed by atoms with van der Waals surface area (Å²) in [5.74, 6) is -0.738. The van der Waals surface area contributed by atoms with Gasteiger partial charge in [0.25, 0.3) is 0 Å². The first-order chi connectivity index (χ1) is 9.48. The van der Waals surface area contributed by atoms with Gasteiger partial charge in [-0.25, -0.2) is 0 Å². The van der Waals surface area contributed by atoms with Crippen molar-refractivity contribution in [1.82, 2.24) is 5.32 Å². The SMILES string of the molecule is CCCNC(C)C1(Cc2ccc([N+](=O)[O-])c(F)c2)CC1.